The van der Waals surface area contributed by atoms with Crippen LogP contribution in [0.1, 0.15) is 24.0 Å². The molecule has 3 rings (SSSR count). The maximum atomic E-state index is 6.72. The van der Waals surface area contributed by atoms with Gasteiger partial charge >= 0.3 is 0 Å². The molecule has 3 heteroatoms. The van der Waals surface area contributed by atoms with Gasteiger partial charge in [-0.3, -0.25) is 0 Å². The number of hydrogen-bond donors (Lipinski definition) is 0. The lowest BCUT2D eigenvalue weighted by Gasteiger charge is -2.22. The van der Waals surface area contributed by atoms with Crippen LogP contribution in [0.15, 0.2) is 48.5 Å². The quantitative estimate of drug-likeness (QED) is 0.616. The summed E-state index contributed by atoms with van der Waals surface area (Å²) in [7, 11) is 0. The molecule has 0 N–H and O–H groups in total. The van der Waals surface area contributed by atoms with E-state index in [4.69, 9.17) is 34.8 Å². The molecule has 0 spiro atoms. The summed E-state index contributed by atoms with van der Waals surface area (Å²) in [5, 5.41) is 1.27. The zero-order chi connectivity index (χ0) is 14.2. The third kappa shape index (κ3) is 2.70. The predicted octanol–water partition coefficient (Wildman–Crippen LogP) is 5.88. The summed E-state index contributed by atoms with van der Waals surface area (Å²) in [4.78, 5) is 0. The fourth-order valence-electron chi connectivity index (χ4n) is 2.76. The molecular weight excluding hydrogens is 311 g/mol. The zero-order valence-corrected chi connectivity index (χ0v) is 13.2. The summed E-state index contributed by atoms with van der Waals surface area (Å²) in [5.74, 6) is 0. The fraction of sp³-hybridized carbons (Fsp3) is 0.294. The molecule has 0 bridgehead atoms. The average molecular weight is 326 g/mol. The third-order valence-corrected chi connectivity index (χ3v) is 5.45. The molecular formula is C17H15Cl3. The van der Waals surface area contributed by atoms with Gasteiger partial charge in [-0.25, -0.2) is 0 Å². The molecule has 2 aromatic rings. The van der Waals surface area contributed by atoms with E-state index in [9.17, 15) is 0 Å². The van der Waals surface area contributed by atoms with E-state index in [0.717, 1.165) is 24.8 Å². The molecule has 0 heterocycles. The highest BCUT2D eigenvalue weighted by Crippen LogP contribution is 2.53. The molecule has 1 atom stereocenters. The summed E-state index contributed by atoms with van der Waals surface area (Å²) >= 11 is 18.7. The van der Waals surface area contributed by atoms with Crippen LogP contribution in [0, 0.1) is 0 Å². The SMILES string of the molecule is Clc1ccc(CC(Cl)C2(c3ccccc3)CC2)cc1Cl. The standard InChI is InChI=1S/C17H15Cl3/c18-14-7-6-12(10-15(14)19)11-16(20)17(8-9-17)13-4-2-1-3-5-13/h1-7,10,16H,8-9,11H2. The first-order valence-corrected chi connectivity index (χ1v) is 7.94. The number of benzene rings is 2. The highest BCUT2D eigenvalue weighted by molar-refractivity contribution is 6.42. The second kappa shape index (κ2) is 5.60. The first-order valence-electron chi connectivity index (χ1n) is 6.75. The van der Waals surface area contributed by atoms with Crippen LogP contribution < -0.4 is 0 Å². The summed E-state index contributed by atoms with van der Waals surface area (Å²) in [6, 6.07) is 16.3. The zero-order valence-electron chi connectivity index (χ0n) is 11.0. The Bertz CT molecular complexity index is 603. The van der Waals surface area contributed by atoms with Gasteiger partial charge < -0.3 is 0 Å². The normalized spacial score (nSPS) is 17.8. The van der Waals surface area contributed by atoms with Gasteiger partial charge in [0, 0.05) is 10.8 Å². The number of alkyl halides is 1. The summed E-state index contributed by atoms with van der Waals surface area (Å²) in [6.45, 7) is 0. The Balaban J connectivity index is 1.79. The molecule has 1 unspecified atom stereocenters. The molecule has 0 aliphatic heterocycles. The van der Waals surface area contributed by atoms with Crippen LogP contribution in [0.2, 0.25) is 10.0 Å². The minimum absolute atomic E-state index is 0.0853. The van der Waals surface area contributed by atoms with Gasteiger partial charge in [0.2, 0.25) is 0 Å². The van der Waals surface area contributed by atoms with E-state index in [-0.39, 0.29) is 10.8 Å². The Morgan fingerprint density at radius 3 is 2.25 bits per heavy atom. The van der Waals surface area contributed by atoms with Crippen LogP contribution in [-0.2, 0) is 11.8 Å². The average Bonchev–Trinajstić information content (AvgIpc) is 3.26. The molecule has 1 aliphatic carbocycles. The Morgan fingerprint density at radius 2 is 1.65 bits per heavy atom. The van der Waals surface area contributed by atoms with E-state index in [0.29, 0.717) is 10.0 Å². The van der Waals surface area contributed by atoms with Crippen molar-refractivity contribution >= 4 is 34.8 Å². The minimum Gasteiger partial charge on any atom is -0.122 e. The van der Waals surface area contributed by atoms with E-state index in [1.54, 1.807) is 0 Å². The van der Waals surface area contributed by atoms with Gasteiger partial charge in [0.15, 0.2) is 0 Å². The van der Waals surface area contributed by atoms with Gasteiger partial charge in [-0.1, -0.05) is 59.6 Å². The smallest absolute Gasteiger partial charge is 0.0595 e. The second-order valence-electron chi connectivity index (χ2n) is 5.44. The molecule has 20 heavy (non-hydrogen) atoms. The predicted molar refractivity (Wildman–Crippen MR) is 87.2 cm³/mol. The van der Waals surface area contributed by atoms with E-state index < -0.39 is 0 Å². The van der Waals surface area contributed by atoms with Crippen LogP contribution >= 0.6 is 34.8 Å². The van der Waals surface area contributed by atoms with Gasteiger partial charge in [-0.2, -0.15) is 0 Å². The maximum absolute atomic E-state index is 6.72. The third-order valence-electron chi connectivity index (χ3n) is 4.14. The largest absolute Gasteiger partial charge is 0.122 e. The van der Waals surface area contributed by atoms with Crippen LogP contribution in [-0.4, -0.2) is 5.38 Å². The summed E-state index contributed by atoms with van der Waals surface area (Å²) < 4.78 is 0. The lowest BCUT2D eigenvalue weighted by atomic mass is 9.89. The van der Waals surface area contributed by atoms with Crippen molar-refractivity contribution in [3.63, 3.8) is 0 Å². The molecule has 0 radical (unpaired) electrons. The van der Waals surface area contributed by atoms with Crippen molar-refractivity contribution in [2.24, 2.45) is 0 Å². The first kappa shape index (κ1) is 14.3. The Kier molecular flexibility index (Phi) is 3.99. The van der Waals surface area contributed by atoms with Crippen LogP contribution in [0.4, 0.5) is 0 Å². The highest BCUT2D eigenvalue weighted by atomic mass is 35.5. The topological polar surface area (TPSA) is 0 Å². The molecule has 0 aromatic heterocycles. The van der Waals surface area contributed by atoms with E-state index in [2.05, 4.69) is 24.3 Å². The molecule has 104 valence electrons. The monoisotopic (exact) mass is 324 g/mol. The minimum atomic E-state index is 0.0853. The first-order chi connectivity index (χ1) is 9.62. The summed E-state index contributed by atoms with van der Waals surface area (Å²) in [5.41, 5.74) is 2.62. The molecule has 0 amide bonds. The molecule has 0 nitrogen and oxygen atoms in total. The molecule has 2 aromatic carbocycles. The molecule has 1 fully saturated rings. The summed E-state index contributed by atoms with van der Waals surface area (Å²) in [6.07, 6.45) is 3.13. The van der Waals surface area contributed by atoms with Crippen molar-refractivity contribution in [2.45, 2.75) is 30.1 Å². The van der Waals surface area contributed by atoms with E-state index in [1.165, 1.54) is 5.56 Å². The van der Waals surface area contributed by atoms with Crippen molar-refractivity contribution in [1.82, 2.24) is 0 Å². The number of hydrogen-bond acceptors (Lipinski definition) is 0. The Hall–Kier alpha value is -0.690. The number of rotatable bonds is 4. The highest BCUT2D eigenvalue weighted by Gasteiger charge is 2.49. The van der Waals surface area contributed by atoms with E-state index >= 15 is 0 Å². The second-order valence-corrected chi connectivity index (χ2v) is 6.78. The van der Waals surface area contributed by atoms with Crippen LogP contribution in [0.25, 0.3) is 0 Å². The van der Waals surface area contributed by atoms with Crippen molar-refractivity contribution in [1.29, 1.82) is 0 Å². The van der Waals surface area contributed by atoms with Gasteiger partial charge in [-0.15, -0.1) is 11.6 Å². The molecule has 1 aliphatic rings. The lowest BCUT2D eigenvalue weighted by Crippen LogP contribution is -2.23. The van der Waals surface area contributed by atoms with Gasteiger partial charge in [0.05, 0.1) is 10.0 Å². The van der Waals surface area contributed by atoms with Gasteiger partial charge in [-0.05, 0) is 42.5 Å². The lowest BCUT2D eigenvalue weighted by molar-refractivity contribution is 0.629. The van der Waals surface area contributed by atoms with E-state index in [1.807, 2.05) is 24.3 Å². The van der Waals surface area contributed by atoms with Crippen LogP contribution in [0.3, 0.4) is 0 Å². The molecule has 1 saturated carbocycles. The van der Waals surface area contributed by atoms with Gasteiger partial charge in [0.25, 0.3) is 0 Å². The van der Waals surface area contributed by atoms with Crippen LogP contribution in [0.5, 0.6) is 0 Å². The Labute approximate surface area is 134 Å². The van der Waals surface area contributed by atoms with Crippen molar-refractivity contribution < 1.29 is 0 Å². The Morgan fingerprint density at radius 1 is 0.950 bits per heavy atom. The maximum Gasteiger partial charge on any atom is 0.0595 e. The number of halogens is 3. The van der Waals surface area contributed by atoms with Crippen molar-refractivity contribution in [3.05, 3.63) is 69.7 Å². The fourth-order valence-corrected chi connectivity index (χ4v) is 3.60. The van der Waals surface area contributed by atoms with Crippen molar-refractivity contribution in [2.75, 3.05) is 0 Å². The molecule has 0 saturated heterocycles. The van der Waals surface area contributed by atoms with Crippen molar-refractivity contribution in [3.8, 4) is 0 Å². The van der Waals surface area contributed by atoms with Gasteiger partial charge in [0.1, 0.15) is 0 Å².